The molecular weight excluding hydrogens is 389 g/mol. The fourth-order valence-electron chi connectivity index (χ4n) is 2.85. The zero-order chi connectivity index (χ0) is 19.2. The van der Waals surface area contributed by atoms with Gasteiger partial charge in [-0.2, -0.15) is 0 Å². The van der Waals surface area contributed by atoms with Gasteiger partial charge in [0.15, 0.2) is 0 Å². The first-order chi connectivity index (χ1) is 13.0. The van der Waals surface area contributed by atoms with E-state index in [0.717, 1.165) is 0 Å². The molecule has 9 heteroatoms. The number of aromatic nitrogens is 2. The molecule has 0 radical (unpaired) electrons. The molecule has 2 aromatic rings. The number of hydrogen-bond donors (Lipinski definition) is 1. The number of carbonyl (C=O) groups is 2. The second kappa shape index (κ2) is 9.01. The van der Waals surface area contributed by atoms with Gasteiger partial charge in [0, 0.05) is 67.1 Å². The van der Waals surface area contributed by atoms with E-state index in [9.17, 15) is 9.59 Å². The summed E-state index contributed by atoms with van der Waals surface area (Å²) >= 11 is 11.9. The van der Waals surface area contributed by atoms with Gasteiger partial charge in [0.1, 0.15) is 0 Å². The Labute approximate surface area is 167 Å². The second-order valence-electron chi connectivity index (χ2n) is 6.08. The minimum absolute atomic E-state index is 0.0383. The van der Waals surface area contributed by atoms with Gasteiger partial charge >= 0.3 is 0 Å². The van der Waals surface area contributed by atoms with Gasteiger partial charge in [0.2, 0.25) is 11.9 Å². The van der Waals surface area contributed by atoms with Crippen molar-refractivity contribution in [1.82, 2.24) is 19.8 Å². The van der Waals surface area contributed by atoms with Gasteiger partial charge in [-0.15, -0.1) is 0 Å². The van der Waals surface area contributed by atoms with Crippen LogP contribution in [0.2, 0.25) is 10.0 Å². The normalized spacial score (nSPS) is 14.1. The summed E-state index contributed by atoms with van der Waals surface area (Å²) in [6.45, 7) is 2.41. The Balaban J connectivity index is 1.46. The van der Waals surface area contributed by atoms with Crippen molar-refractivity contribution in [2.75, 3.05) is 38.0 Å². The molecule has 0 saturated carbocycles. The molecule has 142 valence electrons. The third-order valence-corrected chi connectivity index (χ3v) is 4.65. The average molecular weight is 408 g/mol. The number of nitrogens with one attached hydrogen (secondary N) is 1. The Morgan fingerprint density at radius 1 is 0.963 bits per heavy atom. The molecule has 27 heavy (non-hydrogen) atoms. The van der Waals surface area contributed by atoms with Crippen LogP contribution in [0.5, 0.6) is 0 Å². The Morgan fingerprint density at radius 2 is 1.56 bits per heavy atom. The lowest BCUT2D eigenvalue weighted by molar-refractivity contribution is -0.132. The molecule has 2 amide bonds. The van der Waals surface area contributed by atoms with Crippen molar-refractivity contribution < 1.29 is 9.59 Å². The summed E-state index contributed by atoms with van der Waals surface area (Å²) in [7, 11) is 0. The highest BCUT2D eigenvalue weighted by molar-refractivity contribution is 6.35. The van der Waals surface area contributed by atoms with Crippen LogP contribution in [-0.4, -0.2) is 64.3 Å². The molecule has 3 rings (SSSR count). The third-order valence-electron chi connectivity index (χ3n) is 4.22. The molecule has 0 atom stereocenters. The number of piperazine rings is 1. The highest BCUT2D eigenvalue weighted by Crippen LogP contribution is 2.20. The predicted octanol–water partition coefficient (Wildman–Crippen LogP) is 2.57. The van der Waals surface area contributed by atoms with Crippen LogP contribution >= 0.6 is 23.2 Å². The first-order valence-electron chi connectivity index (χ1n) is 8.57. The van der Waals surface area contributed by atoms with Crippen molar-refractivity contribution >= 4 is 41.0 Å². The molecule has 7 nitrogen and oxygen atoms in total. The van der Waals surface area contributed by atoms with Gasteiger partial charge in [-0.1, -0.05) is 23.2 Å². The van der Waals surface area contributed by atoms with E-state index in [1.54, 1.807) is 46.5 Å². The molecule has 1 aromatic carbocycles. The molecule has 1 aliphatic heterocycles. The zero-order valence-electron chi connectivity index (χ0n) is 14.6. The van der Waals surface area contributed by atoms with Crippen LogP contribution in [-0.2, 0) is 4.79 Å². The van der Waals surface area contributed by atoms with Gasteiger partial charge in [0.05, 0.1) is 0 Å². The van der Waals surface area contributed by atoms with Crippen LogP contribution in [0.1, 0.15) is 16.8 Å². The van der Waals surface area contributed by atoms with E-state index in [0.29, 0.717) is 60.7 Å². The summed E-state index contributed by atoms with van der Waals surface area (Å²) in [5, 5.41) is 3.87. The van der Waals surface area contributed by atoms with Gasteiger partial charge in [-0.25, -0.2) is 9.97 Å². The summed E-state index contributed by atoms with van der Waals surface area (Å²) in [6.07, 6.45) is 3.62. The van der Waals surface area contributed by atoms with Gasteiger partial charge in [0.25, 0.3) is 5.91 Å². The Hall–Kier alpha value is -2.38. The number of carbonyl (C=O) groups excluding carboxylic acids is 2. The lowest BCUT2D eigenvalue weighted by Crippen LogP contribution is -2.50. The second-order valence-corrected chi connectivity index (χ2v) is 6.95. The smallest absolute Gasteiger partial charge is 0.254 e. The van der Waals surface area contributed by atoms with Crippen molar-refractivity contribution in [3.63, 3.8) is 0 Å². The minimum atomic E-state index is -0.130. The number of anilines is 1. The molecule has 2 heterocycles. The molecular formula is C18H19Cl2N5O2. The highest BCUT2D eigenvalue weighted by Gasteiger charge is 2.25. The number of rotatable bonds is 5. The minimum Gasteiger partial charge on any atom is -0.354 e. The van der Waals surface area contributed by atoms with Crippen molar-refractivity contribution in [2.24, 2.45) is 0 Å². The zero-order valence-corrected chi connectivity index (χ0v) is 16.1. The van der Waals surface area contributed by atoms with E-state index in [-0.39, 0.29) is 11.8 Å². The van der Waals surface area contributed by atoms with E-state index in [1.807, 2.05) is 0 Å². The monoisotopic (exact) mass is 407 g/mol. The summed E-state index contributed by atoms with van der Waals surface area (Å²) in [6, 6.07) is 6.52. The largest absolute Gasteiger partial charge is 0.354 e. The van der Waals surface area contributed by atoms with Crippen molar-refractivity contribution in [1.29, 1.82) is 0 Å². The molecule has 0 aliphatic carbocycles. The molecule has 0 unspecified atom stereocenters. The van der Waals surface area contributed by atoms with Crippen LogP contribution in [0.4, 0.5) is 5.95 Å². The maximum atomic E-state index is 12.6. The maximum absolute atomic E-state index is 12.6. The molecule has 1 saturated heterocycles. The SMILES string of the molecule is O=C(CCNc1ncccn1)N1CCN(C(=O)c2cc(Cl)cc(Cl)c2)CC1. The fourth-order valence-corrected chi connectivity index (χ4v) is 3.37. The topological polar surface area (TPSA) is 78.4 Å². The number of benzene rings is 1. The van der Waals surface area contributed by atoms with Crippen LogP contribution in [0.15, 0.2) is 36.7 Å². The Morgan fingerprint density at radius 3 is 2.19 bits per heavy atom. The van der Waals surface area contributed by atoms with Crippen LogP contribution in [0.3, 0.4) is 0 Å². The van der Waals surface area contributed by atoms with E-state index in [1.165, 1.54) is 0 Å². The van der Waals surface area contributed by atoms with E-state index in [4.69, 9.17) is 23.2 Å². The fraction of sp³-hybridized carbons (Fsp3) is 0.333. The van der Waals surface area contributed by atoms with Crippen molar-refractivity contribution in [2.45, 2.75) is 6.42 Å². The molecule has 0 spiro atoms. The quantitative estimate of drug-likeness (QED) is 0.823. The number of hydrogen-bond acceptors (Lipinski definition) is 5. The first-order valence-corrected chi connectivity index (χ1v) is 9.32. The molecule has 1 N–H and O–H groups in total. The standard InChI is InChI=1S/C18H19Cl2N5O2/c19-14-10-13(11-15(20)12-14)17(27)25-8-6-24(7-9-25)16(26)2-5-23-18-21-3-1-4-22-18/h1,3-4,10-12H,2,5-9H2,(H,21,22,23). The average Bonchev–Trinajstić information content (AvgIpc) is 2.67. The maximum Gasteiger partial charge on any atom is 0.254 e. The van der Waals surface area contributed by atoms with E-state index >= 15 is 0 Å². The Kier molecular flexibility index (Phi) is 6.47. The lowest BCUT2D eigenvalue weighted by atomic mass is 10.1. The lowest BCUT2D eigenvalue weighted by Gasteiger charge is -2.35. The predicted molar refractivity (Wildman–Crippen MR) is 104 cm³/mol. The molecule has 1 fully saturated rings. The van der Waals surface area contributed by atoms with Gasteiger partial charge < -0.3 is 15.1 Å². The summed E-state index contributed by atoms with van der Waals surface area (Å²) < 4.78 is 0. The van der Waals surface area contributed by atoms with Crippen LogP contribution in [0.25, 0.3) is 0 Å². The number of amides is 2. The molecule has 0 bridgehead atoms. The molecule has 1 aliphatic rings. The van der Waals surface area contributed by atoms with E-state index in [2.05, 4.69) is 15.3 Å². The highest BCUT2D eigenvalue weighted by atomic mass is 35.5. The third kappa shape index (κ3) is 5.30. The summed E-state index contributed by atoms with van der Waals surface area (Å²) in [5.41, 5.74) is 0.458. The first kappa shape index (κ1) is 19.4. The van der Waals surface area contributed by atoms with Crippen LogP contribution in [0, 0.1) is 0 Å². The van der Waals surface area contributed by atoms with Crippen molar-refractivity contribution in [3.05, 3.63) is 52.3 Å². The number of halogens is 2. The van der Waals surface area contributed by atoms with Crippen molar-refractivity contribution in [3.8, 4) is 0 Å². The number of nitrogens with zero attached hydrogens (tertiary/aromatic N) is 4. The van der Waals surface area contributed by atoms with Gasteiger partial charge in [-0.3, -0.25) is 9.59 Å². The summed E-state index contributed by atoms with van der Waals surface area (Å²) in [4.78, 5) is 36.5. The van der Waals surface area contributed by atoms with E-state index < -0.39 is 0 Å². The Bertz CT molecular complexity index is 790. The molecule has 1 aromatic heterocycles. The van der Waals surface area contributed by atoms with Gasteiger partial charge in [-0.05, 0) is 24.3 Å². The van der Waals surface area contributed by atoms with Crippen LogP contribution < -0.4 is 5.32 Å². The summed E-state index contributed by atoms with van der Waals surface area (Å²) in [5.74, 6) is 0.409.